The van der Waals surface area contributed by atoms with Crippen LogP contribution in [0.4, 0.5) is 26.3 Å². The van der Waals surface area contributed by atoms with E-state index in [4.69, 9.17) is 4.74 Å². The van der Waals surface area contributed by atoms with Crippen molar-refractivity contribution in [3.05, 3.63) is 70.8 Å². The van der Waals surface area contributed by atoms with Crippen LogP contribution >= 0.6 is 0 Å². The number of alkyl halides is 6. The highest BCUT2D eigenvalue weighted by Gasteiger charge is 2.37. The van der Waals surface area contributed by atoms with Crippen molar-refractivity contribution in [1.82, 2.24) is 5.32 Å². The Morgan fingerprint density at radius 1 is 0.897 bits per heavy atom. The van der Waals surface area contributed by atoms with Gasteiger partial charge >= 0.3 is 12.4 Å². The Morgan fingerprint density at radius 2 is 1.48 bits per heavy atom. The number of benzene rings is 2. The highest BCUT2D eigenvalue weighted by Crippen LogP contribution is 2.37. The van der Waals surface area contributed by atoms with Gasteiger partial charge in [0.2, 0.25) is 0 Å². The lowest BCUT2D eigenvalue weighted by Crippen LogP contribution is -3.00. The number of ether oxygens (including phenoxy) is 1. The van der Waals surface area contributed by atoms with Crippen LogP contribution in [0.2, 0.25) is 0 Å². The molecule has 1 aliphatic rings. The van der Waals surface area contributed by atoms with Gasteiger partial charge in [-0.1, -0.05) is 30.3 Å². The Hall–Kier alpha value is -1.77. The minimum atomic E-state index is -4.87. The molecule has 2 nitrogen and oxygen atoms in total. The molecule has 9 heteroatoms. The topological polar surface area (TPSA) is 21.3 Å². The first-order valence-electron chi connectivity index (χ1n) is 8.83. The van der Waals surface area contributed by atoms with Gasteiger partial charge in [-0.2, -0.15) is 26.3 Å². The van der Waals surface area contributed by atoms with E-state index in [1.54, 1.807) is 0 Å². The van der Waals surface area contributed by atoms with Gasteiger partial charge in [0, 0.05) is 0 Å². The van der Waals surface area contributed by atoms with E-state index in [-0.39, 0.29) is 42.8 Å². The van der Waals surface area contributed by atoms with Crippen molar-refractivity contribution in [3.63, 3.8) is 0 Å². The molecular formula is C20H19ClF6NO-. The number of nitrogens with one attached hydrogen (secondary N) is 1. The van der Waals surface area contributed by atoms with Crippen molar-refractivity contribution in [3.8, 4) is 0 Å². The molecule has 2 aromatic rings. The Kier molecular flexibility index (Phi) is 7.59. The third kappa shape index (κ3) is 6.10. The first-order valence-corrected chi connectivity index (χ1v) is 8.83. The van der Waals surface area contributed by atoms with E-state index in [0.717, 1.165) is 18.5 Å². The molecule has 160 valence electrons. The molecule has 29 heavy (non-hydrogen) atoms. The molecule has 1 aliphatic heterocycles. The van der Waals surface area contributed by atoms with Gasteiger partial charge in [0.05, 0.1) is 29.9 Å². The van der Waals surface area contributed by atoms with Gasteiger partial charge < -0.3 is 22.5 Å². The maximum Gasteiger partial charge on any atom is 0.416 e. The first-order chi connectivity index (χ1) is 13.1. The average molecular weight is 439 g/mol. The van der Waals surface area contributed by atoms with E-state index in [0.29, 0.717) is 18.6 Å². The lowest BCUT2D eigenvalue weighted by Gasteiger charge is -2.33. The van der Waals surface area contributed by atoms with Crippen LogP contribution in [-0.4, -0.2) is 12.6 Å². The Labute approximate surface area is 170 Å². The zero-order valence-electron chi connectivity index (χ0n) is 15.2. The normalized spacial score (nSPS) is 20.2. The van der Waals surface area contributed by atoms with E-state index in [1.807, 2.05) is 30.3 Å². The molecule has 1 saturated heterocycles. The fourth-order valence-corrected chi connectivity index (χ4v) is 3.34. The molecule has 2 aromatic carbocycles. The Balaban J connectivity index is 0.00000300. The Bertz CT molecular complexity index is 762. The molecule has 0 saturated carbocycles. The van der Waals surface area contributed by atoms with Crippen molar-refractivity contribution < 1.29 is 43.5 Å². The predicted octanol–water partition coefficient (Wildman–Crippen LogP) is 2.74. The summed E-state index contributed by atoms with van der Waals surface area (Å²) < 4.78 is 83.8. The lowest BCUT2D eigenvalue weighted by molar-refractivity contribution is -0.143. The van der Waals surface area contributed by atoms with Crippen LogP contribution in [-0.2, 0) is 23.7 Å². The first kappa shape index (κ1) is 23.5. The third-order valence-electron chi connectivity index (χ3n) is 4.67. The van der Waals surface area contributed by atoms with Crippen LogP contribution in [0.1, 0.15) is 41.1 Å². The molecular weight excluding hydrogens is 420 g/mol. The third-order valence-corrected chi connectivity index (χ3v) is 4.67. The molecule has 0 radical (unpaired) electrons. The second-order valence-electron chi connectivity index (χ2n) is 6.75. The molecule has 0 amide bonds. The van der Waals surface area contributed by atoms with Gasteiger partial charge in [0.25, 0.3) is 0 Å². The second kappa shape index (κ2) is 9.36. The van der Waals surface area contributed by atoms with E-state index < -0.39 is 23.5 Å². The number of piperidine rings is 1. The van der Waals surface area contributed by atoms with Crippen LogP contribution in [0.25, 0.3) is 0 Å². The molecule has 0 aromatic heterocycles. The summed E-state index contributed by atoms with van der Waals surface area (Å²) in [5.41, 5.74) is -1.85. The largest absolute Gasteiger partial charge is 1.00 e. The highest BCUT2D eigenvalue weighted by atomic mass is 35.5. The molecule has 0 spiro atoms. The van der Waals surface area contributed by atoms with Crippen molar-refractivity contribution in [2.45, 2.75) is 43.9 Å². The summed E-state index contributed by atoms with van der Waals surface area (Å²) in [6.07, 6.45) is -8.61. The molecule has 3 rings (SSSR count). The van der Waals surface area contributed by atoms with E-state index in [2.05, 4.69) is 5.32 Å². The standard InChI is InChI=1S/C20H19F6NO.ClH/c21-19(22,23)15-9-13(10-16(11-15)20(24,25)26)12-28-17-7-4-8-27-18(17)14-5-2-1-3-6-14;/h1-3,5-6,9-11,17-18,27H,4,7-8,12H2;1H/p-1. The quantitative estimate of drug-likeness (QED) is 0.741. The second-order valence-corrected chi connectivity index (χ2v) is 6.75. The number of hydrogen-bond donors (Lipinski definition) is 1. The molecule has 0 aliphatic carbocycles. The summed E-state index contributed by atoms with van der Waals surface area (Å²) in [5, 5.41) is 3.31. The molecule has 1 heterocycles. The van der Waals surface area contributed by atoms with Crippen LogP contribution in [0.5, 0.6) is 0 Å². The van der Waals surface area contributed by atoms with E-state index >= 15 is 0 Å². The summed E-state index contributed by atoms with van der Waals surface area (Å²) in [4.78, 5) is 0. The van der Waals surface area contributed by atoms with Crippen LogP contribution < -0.4 is 17.7 Å². The number of halogens is 7. The molecule has 1 N–H and O–H groups in total. The monoisotopic (exact) mass is 438 g/mol. The number of hydrogen-bond acceptors (Lipinski definition) is 2. The van der Waals surface area contributed by atoms with Crippen molar-refractivity contribution in [2.24, 2.45) is 0 Å². The molecule has 0 bridgehead atoms. The summed E-state index contributed by atoms with van der Waals surface area (Å²) in [6.45, 7) is 0.434. The molecule has 2 atom stereocenters. The minimum Gasteiger partial charge on any atom is -1.00 e. The zero-order valence-corrected chi connectivity index (χ0v) is 15.9. The SMILES string of the molecule is FC(F)(F)c1cc(COC2CCCNC2c2ccccc2)cc(C(F)(F)F)c1.[Cl-]. The van der Waals surface area contributed by atoms with Gasteiger partial charge in [-0.25, -0.2) is 0 Å². The summed E-state index contributed by atoms with van der Waals surface area (Å²) in [7, 11) is 0. The minimum absolute atomic E-state index is 0. The maximum absolute atomic E-state index is 13.0. The smallest absolute Gasteiger partial charge is 0.416 e. The fourth-order valence-electron chi connectivity index (χ4n) is 3.34. The summed E-state index contributed by atoms with van der Waals surface area (Å²) >= 11 is 0. The van der Waals surface area contributed by atoms with E-state index in [1.165, 1.54) is 0 Å². The van der Waals surface area contributed by atoms with Gasteiger partial charge in [-0.3, -0.25) is 0 Å². The van der Waals surface area contributed by atoms with Crippen molar-refractivity contribution in [1.29, 1.82) is 0 Å². The van der Waals surface area contributed by atoms with E-state index in [9.17, 15) is 26.3 Å². The lowest BCUT2D eigenvalue weighted by atomic mass is 9.94. The summed E-state index contributed by atoms with van der Waals surface area (Å²) in [6, 6.07) is 10.8. The van der Waals surface area contributed by atoms with Gasteiger partial charge in [0.15, 0.2) is 0 Å². The average Bonchev–Trinajstić information content (AvgIpc) is 2.66. The summed E-state index contributed by atoms with van der Waals surface area (Å²) in [5.74, 6) is 0. The van der Waals surface area contributed by atoms with Gasteiger partial charge in [0.1, 0.15) is 0 Å². The van der Waals surface area contributed by atoms with Crippen molar-refractivity contribution >= 4 is 0 Å². The van der Waals surface area contributed by atoms with Gasteiger partial charge in [-0.05, 0) is 48.7 Å². The number of rotatable bonds is 4. The van der Waals surface area contributed by atoms with Gasteiger partial charge in [-0.15, -0.1) is 0 Å². The van der Waals surface area contributed by atoms with Crippen LogP contribution in [0.15, 0.2) is 48.5 Å². The maximum atomic E-state index is 13.0. The van der Waals surface area contributed by atoms with Crippen molar-refractivity contribution in [2.75, 3.05) is 6.54 Å². The Morgan fingerprint density at radius 3 is 2.03 bits per heavy atom. The highest BCUT2D eigenvalue weighted by molar-refractivity contribution is 5.33. The molecule has 2 unspecified atom stereocenters. The predicted molar refractivity (Wildman–Crippen MR) is 91.4 cm³/mol. The fraction of sp³-hybridized carbons (Fsp3) is 0.400. The van der Waals surface area contributed by atoms with Crippen LogP contribution in [0, 0.1) is 0 Å². The zero-order chi connectivity index (χ0) is 20.4. The van der Waals surface area contributed by atoms with Crippen LogP contribution in [0.3, 0.4) is 0 Å². The molecule has 1 fully saturated rings.